The van der Waals surface area contributed by atoms with E-state index in [0.29, 0.717) is 23.7 Å². The van der Waals surface area contributed by atoms with Gasteiger partial charge in [0, 0.05) is 12.6 Å². The van der Waals surface area contributed by atoms with Gasteiger partial charge in [-0.25, -0.2) is 4.98 Å². The Morgan fingerprint density at radius 1 is 1.26 bits per heavy atom. The molecule has 0 bridgehead atoms. The highest BCUT2D eigenvalue weighted by Crippen LogP contribution is 2.23. The van der Waals surface area contributed by atoms with Crippen molar-refractivity contribution in [2.45, 2.75) is 26.2 Å². The van der Waals surface area contributed by atoms with Crippen molar-refractivity contribution in [2.75, 3.05) is 0 Å². The van der Waals surface area contributed by atoms with Gasteiger partial charge in [-0.15, -0.1) is 0 Å². The van der Waals surface area contributed by atoms with Gasteiger partial charge in [0.1, 0.15) is 5.75 Å². The minimum Gasteiger partial charge on any atom is -0.424 e. The number of aryl methyl sites for hydroxylation is 2. The van der Waals surface area contributed by atoms with Crippen LogP contribution in [0.5, 0.6) is 11.8 Å². The summed E-state index contributed by atoms with van der Waals surface area (Å²) in [4.78, 5) is 20.1. The molecule has 0 N–H and O–H groups in total. The number of carbonyl (C=O) groups excluding carboxylic acids is 1. The maximum atomic E-state index is 11.7. The molecule has 0 atom stereocenters. The zero-order chi connectivity index (χ0) is 13.2. The summed E-state index contributed by atoms with van der Waals surface area (Å²) in [5, 5.41) is 0. The highest BCUT2D eigenvalue weighted by atomic mass is 16.5. The van der Waals surface area contributed by atoms with Crippen LogP contribution in [0.2, 0.25) is 0 Å². The van der Waals surface area contributed by atoms with Crippen LogP contribution in [0, 0.1) is 6.92 Å². The minimum absolute atomic E-state index is 0.128. The maximum absolute atomic E-state index is 11.7. The first-order valence-electron chi connectivity index (χ1n) is 6.36. The minimum atomic E-state index is 0.128. The molecule has 4 heteroatoms. The van der Waals surface area contributed by atoms with Gasteiger partial charge in [-0.3, -0.25) is 4.79 Å². The van der Waals surface area contributed by atoms with E-state index in [1.807, 2.05) is 31.2 Å². The van der Waals surface area contributed by atoms with Gasteiger partial charge in [0.25, 0.3) is 0 Å². The molecule has 19 heavy (non-hydrogen) atoms. The van der Waals surface area contributed by atoms with E-state index in [1.165, 1.54) is 0 Å². The maximum Gasteiger partial charge on any atom is 0.322 e. The van der Waals surface area contributed by atoms with Gasteiger partial charge in [0.05, 0.1) is 11.3 Å². The summed E-state index contributed by atoms with van der Waals surface area (Å²) in [7, 11) is 0. The second-order valence-corrected chi connectivity index (χ2v) is 4.71. The number of fused-ring (bicyclic) bond motifs is 1. The molecule has 0 fully saturated rings. The number of hydrogen-bond donors (Lipinski definition) is 0. The van der Waals surface area contributed by atoms with Crippen LogP contribution < -0.4 is 4.74 Å². The average Bonchev–Trinajstić information content (AvgIpc) is 2.39. The standard InChI is InChI=1S/C15H14N2O2/c1-10-4-2-5-11(8-10)19-15-16-9-12-13(17-15)6-3-7-14(12)18/h2,4-5,8-9H,3,6-7H2,1H3. The van der Waals surface area contributed by atoms with Crippen molar-refractivity contribution in [3.63, 3.8) is 0 Å². The SMILES string of the molecule is Cc1cccc(Oc2ncc3c(n2)CCCC3=O)c1. The number of aromatic nitrogens is 2. The van der Waals surface area contributed by atoms with Crippen molar-refractivity contribution in [3.8, 4) is 11.8 Å². The van der Waals surface area contributed by atoms with E-state index in [0.717, 1.165) is 24.1 Å². The average molecular weight is 254 g/mol. The molecule has 1 aliphatic rings. The van der Waals surface area contributed by atoms with E-state index >= 15 is 0 Å². The lowest BCUT2D eigenvalue weighted by Crippen LogP contribution is -2.13. The van der Waals surface area contributed by atoms with E-state index in [1.54, 1.807) is 6.20 Å². The number of ether oxygens (including phenoxy) is 1. The fourth-order valence-electron chi connectivity index (χ4n) is 2.21. The van der Waals surface area contributed by atoms with Gasteiger partial charge in [-0.2, -0.15) is 4.98 Å². The molecule has 0 spiro atoms. The third-order valence-electron chi connectivity index (χ3n) is 3.16. The molecule has 0 unspecified atom stereocenters. The predicted octanol–water partition coefficient (Wildman–Crippen LogP) is 3.10. The molecule has 1 heterocycles. The molecule has 0 saturated heterocycles. The highest BCUT2D eigenvalue weighted by Gasteiger charge is 2.19. The van der Waals surface area contributed by atoms with E-state index in [2.05, 4.69) is 9.97 Å². The molecular weight excluding hydrogens is 240 g/mol. The number of benzene rings is 1. The van der Waals surface area contributed by atoms with Crippen molar-refractivity contribution in [1.82, 2.24) is 9.97 Å². The Labute approximate surface area is 111 Å². The largest absolute Gasteiger partial charge is 0.424 e. The first kappa shape index (κ1) is 11.8. The number of Topliss-reactive ketones (excluding diaryl/α,β-unsaturated/α-hetero) is 1. The van der Waals surface area contributed by atoms with Crippen LogP contribution in [0.4, 0.5) is 0 Å². The zero-order valence-electron chi connectivity index (χ0n) is 10.7. The molecule has 1 aromatic heterocycles. The van der Waals surface area contributed by atoms with E-state index in [4.69, 9.17) is 4.74 Å². The third-order valence-corrected chi connectivity index (χ3v) is 3.16. The Hall–Kier alpha value is -2.23. The quantitative estimate of drug-likeness (QED) is 0.826. The molecule has 0 radical (unpaired) electrons. The smallest absolute Gasteiger partial charge is 0.322 e. The summed E-state index contributed by atoms with van der Waals surface area (Å²) in [6, 6.07) is 8.01. The predicted molar refractivity (Wildman–Crippen MR) is 70.6 cm³/mol. The van der Waals surface area contributed by atoms with Crippen LogP contribution in [-0.4, -0.2) is 15.8 Å². The van der Waals surface area contributed by atoms with Gasteiger partial charge in [-0.05, 0) is 37.5 Å². The molecule has 1 aliphatic carbocycles. The van der Waals surface area contributed by atoms with Gasteiger partial charge in [0.15, 0.2) is 5.78 Å². The second kappa shape index (κ2) is 4.80. The summed E-state index contributed by atoms with van der Waals surface area (Å²) in [6.07, 6.45) is 3.84. The monoisotopic (exact) mass is 254 g/mol. The molecule has 3 rings (SSSR count). The second-order valence-electron chi connectivity index (χ2n) is 4.71. The van der Waals surface area contributed by atoms with Gasteiger partial charge < -0.3 is 4.74 Å². The number of nitrogens with zero attached hydrogens (tertiary/aromatic N) is 2. The lowest BCUT2D eigenvalue weighted by atomic mass is 9.96. The van der Waals surface area contributed by atoms with E-state index < -0.39 is 0 Å². The molecule has 2 aromatic rings. The molecular formula is C15H14N2O2. The van der Waals surface area contributed by atoms with Crippen LogP contribution >= 0.6 is 0 Å². The molecule has 1 aromatic carbocycles. The highest BCUT2D eigenvalue weighted by molar-refractivity contribution is 5.97. The van der Waals surface area contributed by atoms with Crippen LogP contribution in [0.15, 0.2) is 30.5 Å². The van der Waals surface area contributed by atoms with E-state index in [-0.39, 0.29) is 5.78 Å². The van der Waals surface area contributed by atoms with Crippen molar-refractivity contribution >= 4 is 5.78 Å². The van der Waals surface area contributed by atoms with E-state index in [9.17, 15) is 4.79 Å². The van der Waals surface area contributed by atoms with Crippen LogP contribution in [-0.2, 0) is 6.42 Å². The van der Waals surface area contributed by atoms with Crippen LogP contribution in [0.25, 0.3) is 0 Å². The summed E-state index contributed by atoms with van der Waals surface area (Å²) < 4.78 is 5.63. The van der Waals surface area contributed by atoms with Crippen molar-refractivity contribution < 1.29 is 9.53 Å². The fraction of sp³-hybridized carbons (Fsp3) is 0.267. The van der Waals surface area contributed by atoms with Crippen molar-refractivity contribution in [3.05, 3.63) is 47.3 Å². The molecule has 0 aliphatic heterocycles. The summed E-state index contributed by atoms with van der Waals surface area (Å²) in [5.74, 6) is 0.838. The topological polar surface area (TPSA) is 52.1 Å². The van der Waals surface area contributed by atoms with Gasteiger partial charge >= 0.3 is 6.01 Å². The normalized spacial score (nSPS) is 14.1. The van der Waals surface area contributed by atoms with Crippen LogP contribution in [0.3, 0.4) is 0 Å². The Morgan fingerprint density at radius 2 is 2.16 bits per heavy atom. The lowest BCUT2D eigenvalue weighted by Gasteiger charge is -2.13. The Morgan fingerprint density at radius 3 is 3.00 bits per heavy atom. The third kappa shape index (κ3) is 2.47. The summed E-state index contributed by atoms with van der Waals surface area (Å²) >= 11 is 0. The number of rotatable bonds is 2. The first-order valence-corrected chi connectivity index (χ1v) is 6.36. The van der Waals surface area contributed by atoms with Crippen molar-refractivity contribution in [2.24, 2.45) is 0 Å². The summed E-state index contributed by atoms with van der Waals surface area (Å²) in [6.45, 7) is 2.00. The molecule has 0 amide bonds. The zero-order valence-corrected chi connectivity index (χ0v) is 10.7. The number of carbonyl (C=O) groups is 1. The van der Waals surface area contributed by atoms with Crippen LogP contribution in [0.1, 0.15) is 34.5 Å². The lowest BCUT2D eigenvalue weighted by molar-refractivity contribution is 0.0971. The molecule has 4 nitrogen and oxygen atoms in total. The Balaban J connectivity index is 1.88. The Kier molecular flexibility index (Phi) is 2.99. The Bertz CT molecular complexity index is 638. The van der Waals surface area contributed by atoms with Crippen molar-refractivity contribution in [1.29, 1.82) is 0 Å². The van der Waals surface area contributed by atoms with Gasteiger partial charge in [-0.1, -0.05) is 12.1 Å². The number of hydrogen-bond acceptors (Lipinski definition) is 4. The number of ketones is 1. The van der Waals surface area contributed by atoms with Gasteiger partial charge in [0.2, 0.25) is 0 Å². The molecule has 0 saturated carbocycles. The first-order chi connectivity index (χ1) is 9.22. The fourth-order valence-corrected chi connectivity index (χ4v) is 2.21. The molecule has 96 valence electrons. The summed E-state index contributed by atoms with van der Waals surface area (Å²) in [5.41, 5.74) is 2.56.